The van der Waals surface area contributed by atoms with Gasteiger partial charge in [-0.2, -0.15) is 0 Å². The highest BCUT2D eigenvalue weighted by Gasteiger charge is 2.20. The smallest absolute Gasteiger partial charge is 0.216 e. The molecule has 0 aromatic heterocycles. The number of nitrogens with one attached hydrogen (secondary N) is 1. The van der Waals surface area contributed by atoms with Crippen molar-refractivity contribution in [2.75, 3.05) is 6.54 Å². The van der Waals surface area contributed by atoms with Crippen LogP contribution in [-0.4, -0.2) is 12.5 Å². The molecule has 0 aromatic carbocycles. The van der Waals surface area contributed by atoms with E-state index >= 15 is 0 Å². The van der Waals surface area contributed by atoms with E-state index < -0.39 is 0 Å². The minimum atomic E-state index is 0.0771. The molecule has 0 saturated carbocycles. The summed E-state index contributed by atoms with van der Waals surface area (Å²) in [5, 5.41) is 2.88. The van der Waals surface area contributed by atoms with Crippen molar-refractivity contribution in [2.45, 2.75) is 60.8 Å². The number of carbonyl (C=O) groups excluding carboxylic acids is 1. The molecule has 2 heteroatoms. The lowest BCUT2D eigenvalue weighted by Crippen LogP contribution is -2.26. The Labute approximate surface area is 101 Å². The number of hydrogen-bond acceptors (Lipinski definition) is 1. The molecule has 0 aromatic rings. The van der Waals surface area contributed by atoms with Gasteiger partial charge in [-0.05, 0) is 36.5 Å². The van der Waals surface area contributed by atoms with E-state index in [1.165, 1.54) is 19.3 Å². The fraction of sp³-hybridized carbons (Fsp3) is 0.929. The molecule has 96 valence electrons. The Hall–Kier alpha value is -0.530. The van der Waals surface area contributed by atoms with E-state index in [0.29, 0.717) is 11.3 Å². The van der Waals surface area contributed by atoms with Gasteiger partial charge in [-0.1, -0.05) is 34.6 Å². The molecule has 0 bridgehead atoms. The van der Waals surface area contributed by atoms with Gasteiger partial charge in [0.15, 0.2) is 0 Å². The molecular formula is C14H29NO. The second-order valence-electron chi connectivity index (χ2n) is 6.34. The number of carbonyl (C=O) groups is 1. The highest BCUT2D eigenvalue weighted by atomic mass is 16.1. The van der Waals surface area contributed by atoms with Crippen LogP contribution in [0.25, 0.3) is 0 Å². The summed E-state index contributed by atoms with van der Waals surface area (Å²) in [7, 11) is 0. The maximum Gasteiger partial charge on any atom is 0.216 e. The van der Waals surface area contributed by atoms with Crippen molar-refractivity contribution in [1.29, 1.82) is 0 Å². The Balaban J connectivity index is 3.80. The molecule has 1 N–H and O–H groups in total. The van der Waals surface area contributed by atoms with Gasteiger partial charge in [0.05, 0.1) is 0 Å². The predicted octanol–water partition coefficient (Wildman–Crippen LogP) is 3.61. The van der Waals surface area contributed by atoms with E-state index in [9.17, 15) is 4.79 Å². The monoisotopic (exact) mass is 227 g/mol. The molecule has 0 fully saturated rings. The molecule has 1 atom stereocenters. The second-order valence-corrected chi connectivity index (χ2v) is 6.34. The zero-order chi connectivity index (χ0) is 12.8. The van der Waals surface area contributed by atoms with Gasteiger partial charge >= 0.3 is 0 Å². The van der Waals surface area contributed by atoms with Crippen LogP contribution in [0, 0.1) is 17.3 Å². The van der Waals surface area contributed by atoms with E-state index in [4.69, 9.17) is 0 Å². The van der Waals surface area contributed by atoms with Crippen LogP contribution >= 0.6 is 0 Å². The van der Waals surface area contributed by atoms with Crippen molar-refractivity contribution in [1.82, 2.24) is 5.32 Å². The number of hydrogen-bond donors (Lipinski definition) is 1. The van der Waals surface area contributed by atoms with Gasteiger partial charge in [-0.3, -0.25) is 4.79 Å². The summed E-state index contributed by atoms with van der Waals surface area (Å²) in [6, 6.07) is 0. The first-order valence-electron chi connectivity index (χ1n) is 6.47. The van der Waals surface area contributed by atoms with E-state index in [2.05, 4.69) is 39.9 Å². The second kappa shape index (κ2) is 6.93. The molecule has 0 rings (SSSR count). The third-order valence-electron chi connectivity index (χ3n) is 2.97. The van der Waals surface area contributed by atoms with Gasteiger partial charge in [-0.25, -0.2) is 0 Å². The lowest BCUT2D eigenvalue weighted by molar-refractivity contribution is -0.119. The fourth-order valence-corrected chi connectivity index (χ4v) is 2.26. The van der Waals surface area contributed by atoms with Crippen molar-refractivity contribution >= 4 is 5.91 Å². The zero-order valence-electron chi connectivity index (χ0n) is 11.9. The molecule has 0 aliphatic carbocycles. The maximum absolute atomic E-state index is 10.8. The molecule has 16 heavy (non-hydrogen) atoms. The van der Waals surface area contributed by atoms with Crippen LogP contribution in [0.4, 0.5) is 0 Å². The average Bonchev–Trinajstić information content (AvgIpc) is 2.09. The van der Waals surface area contributed by atoms with Crippen LogP contribution in [0.5, 0.6) is 0 Å². The molecule has 0 radical (unpaired) electrons. The third-order valence-corrected chi connectivity index (χ3v) is 2.97. The van der Waals surface area contributed by atoms with Crippen LogP contribution in [0.15, 0.2) is 0 Å². The molecular weight excluding hydrogens is 198 g/mol. The summed E-state index contributed by atoms with van der Waals surface area (Å²) in [6.07, 6.45) is 3.71. The van der Waals surface area contributed by atoms with Crippen LogP contribution < -0.4 is 5.32 Å². The van der Waals surface area contributed by atoms with Gasteiger partial charge in [-0.15, -0.1) is 0 Å². The molecule has 1 amide bonds. The van der Waals surface area contributed by atoms with Crippen LogP contribution in [0.1, 0.15) is 60.8 Å². The molecule has 2 nitrogen and oxygen atoms in total. The summed E-state index contributed by atoms with van der Waals surface area (Å²) < 4.78 is 0. The third kappa shape index (κ3) is 8.75. The fourth-order valence-electron chi connectivity index (χ4n) is 2.26. The number of rotatable bonds is 7. The van der Waals surface area contributed by atoms with Crippen molar-refractivity contribution < 1.29 is 4.79 Å². The van der Waals surface area contributed by atoms with Crippen LogP contribution in [0.3, 0.4) is 0 Å². The summed E-state index contributed by atoms with van der Waals surface area (Å²) >= 11 is 0. The Morgan fingerprint density at radius 1 is 1.25 bits per heavy atom. The number of amides is 1. The van der Waals surface area contributed by atoms with Gasteiger partial charge in [0.1, 0.15) is 0 Å². The summed E-state index contributed by atoms with van der Waals surface area (Å²) in [5.41, 5.74) is 0.429. The zero-order valence-corrected chi connectivity index (χ0v) is 11.9. The van der Waals surface area contributed by atoms with E-state index in [1.54, 1.807) is 6.92 Å². The van der Waals surface area contributed by atoms with Crippen molar-refractivity contribution in [3.05, 3.63) is 0 Å². The first-order valence-corrected chi connectivity index (χ1v) is 6.47. The Morgan fingerprint density at radius 3 is 2.25 bits per heavy atom. The van der Waals surface area contributed by atoms with Gasteiger partial charge in [0, 0.05) is 13.5 Å². The molecule has 0 unspecified atom stereocenters. The molecule has 0 saturated heterocycles. The lowest BCUT2D eigenvalue weighted by Gasteiger charge is -2.28. The Bertz CT molecular complexity index is 209. The summed E-state index contributed by atoms with van der Waals surface area (Å²) in [6.45, 7) is 13.9. The molecule has 0 spiro atoms. The van der Waals surface area contributed by atoms with Crippen molar-refractivity contribution in [3.63, 3.8) is 0 Å². The van der Waals surface area contributed by atoms with E-state index in [1.807, 2.05) is 0 Å². The maximum atomic E-state index is 10.8. The molecule has 0 heterocycles. The predicted molar refractivity (Wildman–Crippen MR) is 70.3 cm³/mol. The summed E-state index contributed by atoms with van der Waals surface area (Å²) in [4.78, 5) is 10.8. The van der Waals surface area contributed by atoms with Gasteiger partial charge in [0.25, 0.3) is 0 Å². The van der Waals surface area contributed by atoms with Crippen LogP contribution in [0.2, 0.25) is 0 Å². The standard InChI is InChI=1S/C14H29NO/c1-11(2)9-14(5,6)8-7-12(3)10-15-13(4)16/h11-12H,7-10H2,1-6H3,(H,15,16)/t12-/m0/s1. The van der Waals surface area contributed by atoms with Gasteiger partial charge < -0.3 is 5.32 Å². The first-order chi connectivity index (χ1) is 7.23. The van der Waals surface area contributed by atoms with E-state index in [-0.39, 0.29) is 5.91 Å². The Morgan fingerprint density at radius 2 is 1.81 bits per heavy atom. The minimum Gasteiger partial charge on any atom is -0.356 e. The topological polar surface area (TPSA) is 29.1 Å². The average molecular weight is 227 g/mol. The van der Waals surface area contributed by atoms with Crippen LogP contribution in [-0.2, 0) is 4.79 Å². The minimum absolute atomic E-state index is 0.0771. The normalized spacial score (nSPS) is 13.9. The van der Waals surface area contributed by atoms with Crippen molar-refractivity contribution in [3.8, 4) is 0 Å². The van der Waals surface area contributed by atoms with Crippen molar-refractivity contribution in [2.24, 2.45) is 17.3 Å². The largest absolute Gasteiger partial charge is 0.356 e. The molecule has 0 aliphatic rings. The quantitative estimate of drug-likeness (QED) is 0.707. The highest BCUT2D eigenvalue weighted by molar-refractivity contribution is 5.72. The SMILES string of the molecule is CC(=O)NC[C@@H](C)CCC(C)(C)CC(C)C. The lowest BCUT2D eigenvalue weighted by atomic mass is 9.78. The molecule has 0 aliphatic heterocycles. The first kappa shape index (κ1) is 15.5. The van der Waals surface area contributed by atoms with Gasteiger partial charge in [0.2, 0.25) is 5.91 Å². The Kier molecular flexibility index (Phi) is 6.70. The highest BCUT2D eigenvalue weighted by Crippen LogP contribution is 2.31. The summed E-state index contributed by atoms with van der Waals surface area (Å²) in [5.74, 6) is 1.42. The van der Waals surface area contributed by atoms with E-state index in [0.717, 1.165) is 12.5 Å².